The molecule has 3 aromatic heterocycles. The number of fused-ring (bicyclic) bond motifs is 6. The first-order valence-corrected chi connectivity index (χ1v) is 22.2. The Hall–Kier alpha value is -9.87. The first kappa shape index (κ1) is 39.7. The van der Waals surface area contributed by atoms with Crippen LogP contribution in [0.1, 0.15) is 16.7 Å². The molecule has 9 aromatic carbocycles. The van der Waals surface area contributed by atoms with Gasteiger partial charge in [-0.25, -0.2) is 9.97 Å². The standard InChI is InChI=1S/C61H35N7/c62-36-39-19-23-41(24-20-39)45-27-29-57-50(31-45)48-15-7-9-17-55(48)67(57)59-34-52(61-65-53(43-11-3-1-4-12-43)35-54(66-61)44-13-5-2-6-14-44)60(33-47(59)38-64)68-56-18-10-8-16-49(56)51-32-46(28-30-58(51)68)42-25-21-40(37-63)22-26-42/h1-35H. The third-order valence-corrected chi connectivity index (χ3v) is 12.9. The zero-order chi connectivity index (χ0) is 45.7. The number of nitrogens with zero attached hydrogens (tertiary/aromatic N) is 7. The molecule has 3 heterocycles. The normalized spacial score (nSPS) is 11.2. The van der Waals surface area contributed by atoms with Crippen LogP contribution < -0.4 is 0 Å². The van der Waals surface area contributed by atoms with Gasteiger partial charge >= 0.3 is 0 Å². The van der Waals surface area contributed by atoms with Crippen molar-refractivity contribution in [3.8, 4) is 85.7 Å². The molecule has 0 aliphatic rings. The fraction of sp³-hybridized carbons (Fsp3) is 0. The van der Waals surface area contributed by atoms with E-state index in [1.54, 1.807) is 0 Å². The second kappa shape index (κ2) is 16.3. The van der Waals surface area contributed by atoms with Gasteiger partial charge in [-0.1, -0.05) is 133 Å². The summed E-state index contributed by atoms with van der Waals surface area (Å²) in [5, 5.41) is 34.5. The minimum Gasteiger partial charge on any atom is -0.308 e. The highest BCUT2D eigenvalue weighted by Crippen LogP contribution is 2.42. The topological polar surface area (TPSA) is 107 Å². The number of rotatable bonds is 7. The largest absolute Gasteiger partial charge is 0.308 e. The Morgan fingerprint density at radius 1 is 0.324 bits per heavy atom. The van der Waals surface area contributed by atoms with Crippen LogP contribution in [0.5, 0.6) is 0 Å². The van der Waals surface area contributed by atoms with Crippen LogP contribution in [-0.4, -0.2) is 19.1 Å². The summed E-state index contributed by atoms with van der Waals surface area (Å²) in [4.78, 5) is 10.8. The van der Waals surface area contributed by atoms with Crippen molar-refractivity contribution in [2.75, 3.05) is 0 Å². The molecule has 0 atom stereocenters. The minimum absolute atomic E-state index is 0.477. The summed E-state index contributed by atoms with van der Waals surface area (Å²) < 4.78 is 4.43. The molecule has 0 spiro atoms. The van der Waals surface area contributed by atoms with Crippen LogP contribution in [0.25, 0.3) is 111 Å². The summed E-state index contributed by atoms with van der Waals surface area (Å²) in [7, 11) is 0. The van der Waals surface area contributed by atoms with Gasteiger partial charge in [-0.2, -0.15) is 15.8 Å². The molecule has 0 unspecified atom stereocenters. The monoisotopic (exact) mass is 865 g/mol. The third kappa shape index (κ3) is 6.65. The van der Waals surface area contributed by atoms with Gasteiger partial charge in [0.2, 0.25) is 0 Å². The molecular weight excluding hydrogens is 831 g/mol. The molecule has 7 heteroatoms. The maximum absolute atomic E-state index is 11.3. The van der Waals surface area contributed by atoms with Gasteiger partial charge in [0.1, 0.15) is 6.07 Å². The Balaban J connectivity index is 1.16. The third-order valence-electron chi connectivity index (χ3n) is 12.9. The maximum atomic E-state index is 11.3. The van der Waals surface area contributed by atoms with Crippen LogP contribution in [0.2, 0.25) is 0 Å². The highest BCUT2D eigenvalue weighted by atomic mass is 15.0. The van der Waals surface area contributed by atoms with Crippen LogP contribution in [0.3, 0.4) is 0 Å². The molecule has 0 N–H and O–H groups in total. The van der Waals surface area contributed by atoms with E-state index in [9.17, 15) is 15.8 Å². The molecule has 314 valence electrons. The van der Waals surface area contributed by atoms with E-state index in [1.807, 2.05) is 115 Å². The lowest BCUT2D eigenvalue weighted by Crippen LogP contribution is -2.06. The average molecular weight is 866 g/mol. The first-order chi connectivity index (χ1) is 33.6. The predicted molar refractivity (Wildman–Crippen MR) is 272 cm³/mol. The molecular formula is C61H35N7. The molecule has 12 rings (SSSR count). The van der Waals surface area contributed by atoms with E-state index in [-0.39, 0.29) is 0 Å². The zero-order valence-electron chi connectivity index (χ0n) is 36.3. The van der Waals surface area contributed by atoms with Crippen molar-refractivity contribution in [2.24, 2.45) is 0 Å². The van der Waals surface area contributed by atoms with Gasteiger partial charge in [-0.3, -0.25) is 0 Å². The highest BCUT2D eigenvalue weighted by molar-refractivity contribution is 6.12. The van der Waals surface area contributed by atoms with Gasteiger partial charge < -0.3 is 9.13 Å². The first-order valence-electron chi connectivity index (χ1n) is 22.2. The van der Waals surface area contributed by atoms with E-state index in [4.69, 9.17) is 9.97 Å². The smallest absolute Gasteiger partial charge is 0.162 e. The maximum Gasteiger partial charge on any atom is 0.162 e. The van der Waals surface area contributed by atoms with E-state index < -0.39 is 0 Å². The Bertz CT molecular complexity index is 4030. The Morgan fingerprint density at radius 3 is 1.22 bits per heavy atom. The molecule has 0 bridgehead atoms. The molecule has 7 nitrogen and oxygen atoms in total. The van der Waals surface area contributed by atoms with Gasteiger partial charge in [-0.15, -0.1) is 0 Å². The lowest BCUT2D eigenvalue weighted by atomic mass is 10.0. The van der Waals surface area contributed by atoms with Gasteiger partial charge in [0.15, 0.2) is 5.82 Å². The van der Waals surface area contributed by atoms with E-state index in [0.29, 0.717) is 28.2 Å². The number of aromatic nitrogens is 4. The highest BCUT2D eigenvalue weighted by Gasteiger charge is 2.24. The van der Waals surface area contributed by atoms with Gasteiger partial charge in [0, 0.05) is 38.2 Å². The predicted octanol–water partition coefficient (Wildman–Crippen LogP) is 14.6. The number of benzene rings is 9. The minimum atomic E-state index is 0.477. The van der Waals surface area contributed by atoms with Crippen molar-refractivity contribution < 1.29 is 0 Å². The second-order valence-electron chi connectivity index (χ2n) is 16.7. The average Bonchev–Trinajstić information content (AvgIpc) is 3.93. The number of hydrogen-bond donors (Lipinski definition) is 0. The summed E-state index contributed by atoms with van der Waals surface area (Å²) >= 11 is 0. The molecule has 0 radical (unpaired) electrons. The van der Waals surface area contributed by atoms with Crippen molar-refractivity contribution in [1.82, 2.24) is 19.1 Å². The molecule has 0 saturated heterocycles. The summed E-state index contributed by atoms with van der Waals surface area (Å²) in [6.45, 7) is 0. The Kier molecular flexibility index (Phi) is 9.51. The summed E-state index contributed by atoms with van der Waals surface area (Å²) in [5.41, 5.74) is 15.2. The molecule has 68 heavy (non-hydrogen) atoms. The molecule has 12 aromatic rings. The SMILES string of the molecule is N#Cc1ccc(-c2ccc3c(c2)c2ccccc2n3-c2cc(-c3nc(-c4ccccc4)cc(-c4ccccc4)n3)c(-n3c4ccccc4c4cc(-c5ccc(C#N)cc5)ccc43)cc2C#N)cc1. The van der Waals surface area contributed by atoms with E-state index in [0.717, 1.165) is 99.6 Å². The van der Waals surface area contributed by atoms with Crippen molar-refractivity contribution in [2.45, 2.75) is 0 Å². The summed E-state index contributed by atoms with van der Waals surface area (Å²) in [6, 6.07) is 78.4. The van der Waals surface area contributed by atoms with E-state index >= 15 is 0 Å². The number of nitriles is 3. The fourth-order valence-corrected chi connectivity index (χ4v) is 9.60. The number of hydrogen-bond acceptors (Lipinski definition) is 5. The Morgan fingerprint density at radius 2 is 0.750 bits per heavy atom. The van der Waals surface area contributed by atoms with E-state index in [2.05, 4.69) is 124 Å². The van der Waals surface area contributed by atoms with Crippen molar-refractivity contribution in [3.05, 3.63) is 229 Å². The van der Waals surface area contributed by atoms with Crippen LogP contribution in [0.15, 0.2) is 212 Å². The van der Waals surface area contributed by atoms with Crippen LogP contribution in [0, 0.1) is 34.0 Å². The van der Waals surface area contributed by atoms with Gasteiger partial charge in [0.25, 0.3) is 0 Å². The van der Waals surface area contributed by atoms with E-state index in [1.165, 1.54) is 0 Å². The summed E-state index contributed by atoms with van der Waals surface area (Å²) in [6.07, 6.45) is 0. The second-order valence-corrected chi connectivity index (χ2v) is 16.7. The molecule has 0 amide bonds. The van der Waals surface area contributed by atoms with Crippen LogP contribution in [0.4, 0.5) is 0 Å². The molecule has 0 aliphatic carbocycles. The zero-order valence-corrected chi connectivity index (χ0v) is 36.3. The van der Waals surface area contributed by atoms with Gasteiger partial charge in [-0.05, 0) is 101 Å². The lowest BCUT2D eigenvalue weighted by molar-refractivity contribution is 1.11. The molecule has 0 saturated carbocycles. The molecule has 0 aliphatic heterocycles. The number of para-hydroxylation sites is 2. The lowest BCUT2D eigenvalue weighted by Gasteiger charge is -2.19. The van der Waals surface area contributed by atoms with Crippen molar-refractivity contribution >= 4 is 43.6 Å². The van der Waals surface area contributed by atoms with Crippen molar-refractivity contribution in [3.63, 3.8) is 0 Å². The summed E-state index contributed by atoms with van der Waals surface area (Å²) in [5.74, 6) is 0.509. The fourth-order valence-electron chi connectivity index (χ4n) is 9.60. The van der Waals surface area contributed by atoms with Crippen LogP contribution >= 0.6 is 0 Å². The Labute approximate surface area is 391 Å². The van der Waals surface area contributed by atoms with Crippen molar-refractivity contribution in [1.29, 1.82) is 15.8 Å². The van der Waals surface area contributed by atoms with Gasteiger partial charge in [0.05, 0.1) is 73.7 Å². The molecule has 0 fully saturated rings. The van der Waals surface area contributed by atoms with Crippen LogP contribution in [-0.2, 0) is 0 Å². The quantitative estimate of drug-likeness (QED) is 0.159.